The van der Waals surface area contributed by atoms with Crippen LogP contribution in [0.4, 0.5) is 0 Å². The van der Waals surface area contributed by atoms with E-state index in [1.165, 1.54) is 5.43 Å². The van der Waals surface area contributed by atoms with Gasteiger partial charge in [-0.05, 0) is 0 Å². The number of aliphatic carboxylic acids is 1. The standard InChI is InChI=1S/C3H5N5O4/c4-3(7-8(11)12)6-5-1-2(9)10/h1H,(H,9,10)(H3,4,6,7)/b5-1-. The Bertz CT molecular complexity index is 245. The molecule has 0 spiro atoms. The number of hydrogen-bond donors (Lipinski definition) is 3. The lowest BCUT2D eigenvalue weighted by atomic mass is 10.8. The van der Waals surface area contributed by atoms with Crippen LogP contribution in [-0.2, 0) is 4.79 Å². The molecule has 0 unspecified atom stereocenters. The number of carboxylic acids is 1. The van der Waals surface area contributed by atoms with Gasteiger partial charge in [-0.2, -0.15) is 0 Å². The number of carbonyl (C=O) groups is 1. The Labute approximate surface area is 65.7 Å². The maximum absolute atomic E-state index is 9.79. The number of nitrogens with one attached hydrogen (secondary N) is 1. The van der Waals surface area contributed by atoms with Gasteiger partial charge in [0.05, 0.1) is 0 Å². The summed E-state index contributed by atoms with van der Waals surface area (Å²) in [6.45, 7) is 0. The van der Waals surface area contributed by atoms with E-state index in [4.69, 9.17) is 10.8 Å². The zero-order valence-corrected chi connectivity index (χ0v) is 5.67. The van der Waals surface area contributed by atoms with Gasteiger partial charge in [0.2, 0.25) is 0 Å². The first kappa shape index (κ1) is 9.81. The molecule has 12 heavy (non-hydrogen) atoms. The Morgan fingerprint density at radius 1 is 1.75 bits per heavy atom. The minimum atomic E-state index is -1.33. The molecule has 66 valence electrons. The molecule has 0 aromatic heterocycles. The molecule has 0 fully saturated rings. The maximum Gasteiger partial charge on any atom is 0.348 e. The summed E-state index contributed by atoms with van der Waals surface area (Å²) in [4.78, 5) is 19.5. The number of carboxylic acid groups (broad SMARTS) is 1. The van der Waals surface area contributed by atoms with Gasteiger partial charge < -0.3 is 10.8 Å². The first-order chi connectivity index (χ1) is 5.52. The lowest BCUT2D eigenvalue weighted by molar-refractivity contribution is -0.525. The Morgan fingerprint density at radius 2 is 2.33 bits per heavy atom. The van der Waals surface area contributed by atoms with Crippen molar-refractivity contribution >= 4 is 18.1 Å². The number of nitrogens with zero attached hydrogens (tertiary/aromatic N) is 3. The van der Waals surface area contributed by atoms with Crippen molar-refractivity contribution in [3.8, 4) is 0 Å². The lowest BCUT2D eigenvalue weighted by Crippen LogP contribution is -2.35. The fraction of sp³-hybridized carbons (Fsp3) is 0. The van der Waals surface area contributed by atoms with Crippen LogP contribution in [0.25, 0.3) is 0 Å². The van der Waals surface area contributed by atoms with E-state index >= 15 is 0 Å². The summed E-state index contributed by atoms with van der Waals surface area (Å²) in [5.74, 6) is -1.93. The highest BCUT2D eigenvalue weighted by molar-refractivity contribution is 6.22. The van der Waals surface area contributed by atoms with E-state index in [2.05, 4.69) is 10.2 Å². The van der Waals surface area contributed by atoms with E-state index in [0.717, 1.165) is 0 Å². The van der Waals surface area contributed by atoms with E-state index in [9.17, 15) is 14.9 Å². The predicted octanol–water partition coefficient (Wildman–Crippen LogP) is -1.85. The quantitative estimate of drug-likeness (QED) is 0.199. The monoisotopic (exact) mass is 175 g/mol. The molecule has 0 rings (SSSR count). The molecule has 0 aliphatic rings. The summed E-state index contributed by atoms with van der Waals surface area (Å²) in [6.07, 6.45) is 0.439. The van der Waals surface area contributed by atoms with Crippen LogP contribution in [0.3, 0.4) is 0 Å². The van der Waals surface area contributed by atoms with Gasteiger partial charge in [0, 0.05) is 0 Å². The van der Waals surface area contributed by atoms with Gasteiger partial charge >= 0.3 is 5.97 Å². The van der Waals surface area contributed by atoms with Crippen LogP contribution in [0.1, 0.15) is 0 Å². The first-order valence-corrected chi connectivity index (χ1v) is 2.53. The molecule has 0 atom stereocenters. The van der Waals surface area contributed by atoms with Crippen molar-refractivity contribution in [3.63, 3.8) is 0 Å². The minimum Gasteiger partial charge on any atom is -0.477 e. The molecule has 0 heterocycles. The topological polar surface area (TPSA) is 143 Å². The average molecular weight is 175 g/mol. The number of rotatable bonds is 3. The third-order valence-corrected chi connectivity index (χ3v) is 0.539. The van der Waals surface area contributed by atoms with Crippen LogP contribution in [0.5, 0.6) is 0 Å². The Hall–Kier alpha value is -2.19. The van der Waals surface area contributed by atoms with Gasteiger partial charge in [0.1, 0.15) is 6.21 Å². The second-order valence-electron chi connectivity index (χ2n) is 1.44. The van der Waals surface area contributed by atoms with Crippen LogP contribution in [-0.4, -0.2) is 28.3 Å². The Kier molecular flexibility index (Phi) is 3.76. The van der Waals surface area contributed by atoms with Crippen LogP contribution < -0.4 is 11.2 Å². The molecule has 0 saturated heterocycles. The third-order valence-electron chi connectivity index (χ3n) is 0.539. The number of nitrogens with two attached hydrogens (primary N) is 1. The van der Waals surface area contributed by atoms with Crippen LogP contribution in [0, 0.1) is 10.1 Å². The van der Waals surface area contributed by atoms with Crippen LogP contribution in [0.15, 0.2) is 10.2 Å². The molecule has 0 aromatic carbocycles. The van der Waals surface area contributed by atoms with Crippen LogP contribution >= 0.6 is 0 Å². The first-order valence-electron chi connectivity index (χ1n) is 2.53. The fourth-order valence-electron chi connectivity index (χ4n) is 0.256. The van der Waals surface area contributed by atoms with Gasteiger partial charge in [-0.15, -0.1) is 10.2 Å². The average Bonchev–Trinajstić information content (AvgIpc) is 1.84. The molecule has 4 N–H and O–H groups in total. The number of nitro groups is 1. The summed E-state index contributed by atoms with van der Waals surface area (Å²) in [7, 11) is 0. The molecule has 0 saturated carbocycles. The van der Waals surface area contributed by atoms with Crippen molar-refractivity contribution in [2.45, 2.75) is 0 Å². The number of hydrogen-bond acceptors (Lipinski definition) is 5. The molecule has 0 aliphatic heterocycles. The molecular formula is C3H5N5O4. The highest BCUT2D eigenvalue weighted by atomic mass is 16.7. The highest BCUT2D eigenvalue weighted by Gasteiger charge is 1.96. The van der Waals surface area contributed by atoms with E-state index in [1.807, 2.05) is 0 Å². The molecule has 9 heteroatoms. The normalized spacial score (nSPS) is 11.5. The van der Waals surface area contributed by atoms with Gasteiger partial charge in [0.15, 0.2) is 5.03 Å². The summed E-state index contributed by atoms with van der Waals surface area (Å²) in [6, 6.07) is 0. The zero-order chi connectivity index (χ0) is 9.56. The summed E-state index contributed by atoms with van der Waals surface area (Å²) < 4.78 is 0. The minimum absolute atomic E-state index is 0.439. The van der Waals surface area contributed by atoms with Gasteiger partial charge in [-0.1, -0.05) is 5.43 Å². The van der Waals surface area contributed by atoms with Crippen molar-refractivity contribution in [3.05, 3.63) is 10.1 Å². The molecule has 0 radical (unpaired) electrons. The molecule has 0 aromatic rings. The second-order valence-corrected chi connectivity index (χ2v) is 1.44. The van der Waals surface area contributed by atoms with Gasteiger partial charge in [0.25, 0.3) is 5.96 Å². The molecule has 0 bridgehead atoms. The summed E-state index contributed by atoms with van der Waals surface area (Å²) in [5.41, 5.74) is 6.31. The predicted molar refractivity (Wildman–Crippen MR) is 37.9 cm³/mol. The Balaban J connectivity index is 4.00. The van der Waals surface area contributed by atoms with Crippen molar-refractivity contribution in [2.75, 3.05) is 0 Å². The Morgan fingerprint density at radius 3 is 2.75 bits per heavy atom. The smallest absolute Gasteiger partial charge is 0.348 e. The SMILES string of the molecule is NC(=N/N=C\C(=O)O)N[N+](=O)[O-]. The van der Waals surface area contributed by atoms with E-state index in [0.29, 0.717) is 6.21 Å². The van der Waals surface area contributed by atoms with Crippen LogP contribution in [0.2, 0.25) is 0 Å². The van der Waals surface area contributed by atoms with E-state index in [1.54, 1.807) is 0 Å². The van der Waals surface area contributed by atoms with Gasteiger partial charge in [-0.25, -0.2) is 14.9 Å². The molecular weight excluding hydrogens is 170 g/mol. The van der Waals surface area contributed by atoms with E-state index < -0.39 is 17.0 Å². The summed E-state index contributed by atoms with van der Waals surface area (Å²) >= 11 is 0. The third kappa shape index (κ3) is 5.94. The highest BCUT2D eigenvalue weighted by Crippen LogP contribution is 1.69. The number of hydrazine groups is 1. The largest absolute Gasteiger partial charge is 0.477 e. The molecule has 0 aliphatic carbocycles. The molecule has 0 amide bonds. The zero-order valence-electron chi connectivity index (χ0n) is 5.67. The number of guanidine groups is 1. The van der Waals surface area contributed by atoms with E-state index in [-0.39, 0.29) is 0 Å². The molecule has 9 nitrogen and oxygen atoms in total. The summed E-state index contributed by atoms with van der Waals surface area (Å²) in [5, 5.41) is 22.5. The second kappa shape index (κ2) is 4.60. The van der Waals surface area contributed by atoms with Gasteiger partial charge in [-0.3, -0.25) is 0 Å². The lowest BCUT2D eigenvalue weighted by Gasteiger charge is -1.90. The maximum atomic E-state index is 9.79. The van der Waals surface area contributed by atoms with Crippen molar-refractivity contribution in [1.29, 1.82) is 0 Å². The van der Waals surface area contributed by atoms with Crippen molar-refractivity contribution in [2.24, 2.45) is 15.9 Å². The van der Waals surface area contributed by atoms with Crippen molar-refractivity contribution < 1.29 is 14.9 Å². The van der Waals surface area contributed by atoms with Crippen molar-refractivity contribution in [1.82, 2.24) is 5.43 Å². The fourth-order valence-corrected chi connectivity index (χ4v) is 0.256.